The largest absolute Gasteiger partial charge is 0.416 e. The Bertz CT molecular complexity index is 483. The van der Waals surface area contributed by atoms with Crippen molar-refractivity contribution in [3.05, 3.63) is 17.7 Å². The summed E-state index contributed by atoms with van der Waals surface area (Å²) in [5.41, 5.74) is -0.606. The molecule has 1 aromatic rings. The van der Waals surface area contributed by atoms with Crippen molar-refractivity contribution >= 4 is 11.6 Å². The fourth-order valence-corrected chi connectivity index (χ4v) is 2.67. The van der Waals surface area contributed by atoms with Gasteiger partial charge in [0.05, 0.1) is 5.56 Å². The molecule has 0 radical (unpaired) electrons. The van der Waals surface area contributed by atoms with Crippen molar-refractivity contribution in [1.29, 1.82) is 0 Å². The van der Waals surface area contributed by atoms with Gasteiger partial charge in [0.15, 0.2) is 0 Å². The highest BCUT2D eigenvalue weighted by atomic mass is 19.4. The predicted octanol–water partition coefficient (Wildman–Crippen LogP) is 4.13. The fourth-order valence-electron chi connectivity index (χ4n) is 2.67. The van der Waals surface area contributed by atoms with Crippen LogP contribution in [0.1, 0.15) is 38.7 Å². The number of alkyl halides is 3. The molecule has 0 amide bonds. The average molecular weight is 287 g/mol. The number of nitrogens with zero attached hydrogens (tertiary/aromatic N) is 1. The third kappa shape index (κ3) is 3.16. The van der Waals surface area contributed by atoms with E-state index in [0.29, 0.717) is 0 Å². The molecule has 0 aromatic carbocycles. The van der Waals surface area contributed by atoms with Crippen LogP contribution in [0.4, 0.5) is 24.8 Å². The molecule has 1 fully saturated rings. The number of aromatic nitrogens is 1. The first-order valence-corrected chi connectivity index (χ1v) is 6.76. The van der Waals surface area contributed by atoms with E-state index in [0.717, 1.165) is 31.4 Å². The molecule has 0 bridgehead atoms. The number of hydrogen-bond donors (Lipinski definition) is 2. The summed E-state index contributed by atoms with van der Waals surface area (Å²) in [6, 6.07) is 2.25. The van der Waals surface area contributed by atoms with Gasteiger partial charge >= 0.3 is 6.18 Å². The van der Waals surface area contributed by atoms with Gasteiger partial charge in [-0.2, -0.15) is 13.2 Å². The summed E-state index contributed by atoms with van der Waals surface area (Å²) in [7, 11) is 1.56. The van der Waals surface area contributed by atoms with Gasteiger partial charge < -0.3 is 10.6 Å². The van der Waals surface area contributed by atoms with Crippen LogP contribution < -0.4 is 10.6 Å². The van der Waals surface area contributed by atoms with E-state index in [4.69, 9.17) is 0 Å². The van der Waals surface area contributed by atoms with Gasteiger partial charge in [0.1, 0.15) is 11.6 Å². The minimum absolute atomic E-state index is 0.0791. The Kier molecular flexibility index (Phi) is 3.84. The fraction of sp³-hybridized carbons (Fsp3) is 0.643. The quantitative estimate of drug-likeness (QED) is 0.877. The SMILES string of the molecule is CNc1cc(C(F)(F)F)cc(NC2CCCC2(C)C)n1. The Labute approximate surface area is 117 Å². The van der Waals surface area contributed by atoms with Gasteiger partial charge in [-0.25, -0.2) is 4.98 Å². The Morgan fingerprint density at radius 3 is 2.40 bits per heavy atom. The molecule has 2 rings (SSSR count). The molecule has 1 saturated carbocycles. The summed E-state index contributed by atoms with van der Waals surface area (Å²) in [5.74, 6) is 0.502. The minimum Gasteiger partial charge on any atom is -0.373 e. The molecule has 3 nitrogen and oxygen atoms in total. The number of pyridine rings is 1. The van der Waals surface area contributed by atoms with Crippen LogP contribution in [0.25, 0.3) is 0 Å². The van der Waals surface area contributed by atoms with Crippen LogP contribution in [0.2, 0.25) is 0 Å². The molecule has 0 spiro atoms. The van der Waals surface area contributed by atoms with Crippen molar-refractivity contribution in [3.63, 3.8) is 0 Å². The van der Waals surface area contributed by atoms with Gasteiger partial charge in [-0.15, -0.1) is 0 Å². The molecule has 1 unspecified atom stereocenters. The average Bonchev–Trinajstić information content (AvgIpc) is 2.67. The second-order valence-corrected chi connectivity index (χ2v) is 5.95. The van der Waals surface area contributed by atoms with Crippen LogP contribution >= 0.6 is 0 Å². The zero-order valence-corrected chi connectivity index (χ0v) is 11.9. The topological polar surface area (TPSA) is 37.0 Å². The lowest BCUT2D eigenvalue weighted by atomic mass is 9.87. The molecular formula is C14H20F3N3. The molecular weight excluding hydrogens is 267 g/mol. The Morgan fingerprint density at radius 2 is 1.90 bits per heavy atom. The van der Waals surface area contributed by atoms with Crippen molar-refractivity contribution in [2.45, 2.75) is 45.3 Å². The van der Waals surface area contributed by atoms with Crippen molar-refractivity contribution < 1.29 is 13.2 Å². The van der Waals surface area contributed by atoms with Crippen LogP contribution in [0, 0.1) is 5.41 Å². The van der Waals surface area contributed by atoms with E-state index >= 15 is 0 Å². The van der Waals surface area contributed by atoms with Crippen molar-refractivity contribution in [3.8, 4) is 0 Å². The summed E-state index contributed by atoms with van der Waals surface area (Å²) in [5, 5.41) is 5.84. The predicted molar refractivity (Wildman–Crippen MR) is 73.8 cm³/mol. The minimum atomic E-state index is -4.36. The van der Waals surface area contributed by atoms with Gasteiger partial charge in [0.2, 0.25) is 0 Å². The maximum atomic E-state index is 12.9. The van der Waals surface area contributed by atoms with Crippen LogP contribution in [-0.2, 0) is 6.18 Å². The summed E-state index contributed by atoms with van der Waals surface area (Å²) in [6.45, 7) is 4.26. The zero-order valence-electron chi connectivity index (χ0n) is 11.9. The Morgan fingerprint density at radius 1 is 1.25 bits per heavy atom. The first-order chi connectivity index (χ1) is 9.22. The number of hydrogen-bond acceptors (Lipinski definition) is 3. The highest BCUT2D eigenvalue weighted by Gasteiger charge is 2.36. The van der Waals surface area contributed by atoms with Crippen LogP contribution in [-0.4, -0.2) is 18.1 Å². The normalized spacial score (nSPS) is 21.8. The molecule has 0 saturated heterocycles. The van der Waals surface area contributed by atoms with Crippen LogP contribution in [0.15, 0.2) is 12.1 Å². The lowest BCUT2D eigenvalue weighted by Crippen LogP contribution is -2.31. The molecule has 112 valence electrons. The van der Waals surface area contributed by atoms with E-state index in [-0.39, 0.29) is 23.1 Å². The molecule has 6 heteroatoms. The molecule has 1 aromatic heterocycles. The van der Waals surface area contributed by atoms with Crippen molar-refractivity contribution in [2.24, 2.45) is 5.41 Å². The van der Waals surface area contributed by atoms with Gasteiger partial charge in [0, 0.05) is 13.1 Å². The van der Waals surface area contributed by atoms with E-state index in [1.54, 1.807) is 7.05 Å². The number of rotatable bonds is 3. The molecule has 1 aliphatic carbocycles. The molecule has 1 heterocycles. The van der Waals surface area contributed by atoms with E-state index in [1.807, 2.05) is 0 Å². The van der Waals surface area contributed by atoms with Gasteiger partial charge in [0.25, 0.3) is 0 Å². The van der Waals surface area contributed by atoms with Gasteiger partial charge in [-0.3, -0.25) is 0 Å². The second kappa shape index (κ2) is 5.14. The monoisotopic (exact) mass is 287 g/mol. The third-order valence-corrected chi connectivity index (χ3v) is 3.99. The highest BCUT2D eigenvalue weighted by molar-refractivity contribution is 5.50. The van der Waals surface area contributed by atoms with E-state index in [9.17, 15) is 13.2 Å². The molecule has 20 heavy (non-hydrogen) atoms. The summed E-state index contributed by atoms with van der Waals surface area (Å²) in [6.07, 6.45) is -1.25. The van der Waals surface area contributed by atoms with Crippen molar-refractivity contribution in [1.82, 2.24) is 4.98 Å². The first kappa shape index (κ1) is 14.9. The van der Waals surface area contributed by atoms with Crippen LogP contribution in [0.5, 0.6) is 0 Å². The first-order valence-electron chi connectivity index (χ1n) is 6.76. The van der Waals surface area contributed by atoms with E-state index in [2.05, 4.69) is 29.5 Å². The molecule has 0 aliphatic heterocycles. The molecule has 1 atom stereocenters. The lowest BCUT2D eigenvalue weighted by Gasteiger charge is -2.28. The third-order valence-electron chi connectivity index (χ3n) is 3.99. The summed E-state index contributed by atoms with van der Waals surface area (Å²) < 4.78 is 38.6. The van der Waals surface area contributed by atoms with Crippen LogP contribution in [0.3, 0.4) is 0 Å². The number of nitrogens with one attached hydrogen (secondary N) is 2. The smallest absolute Gasteiger partial charge is 0.373 e. The number of halogens is 3. The number of anilines is 2. The van der Waals surface area contributed by atoms with Gasteiger partial charge in [-0.1, -0.05) is 20.3 Å². The lowest BCUT2D eigenvalue weighted by molar-refractivity contribution is -0.137. The zero-order chi connectivity index (χ0) is 15.0. The van der Waals surface area contributed by atoms with Gasteiger partial charge in [-0.05, 0) is 30.4 Å². The second-order valence-electron chi connectivity index (χ2n) is 5.95. The van der Waals surface area contributed by atoms with E-state index in [1.165, 1.54) is 0 Å². The molecule has 1 aliphatic rings. The summed E-state index contributed by atoms with van der Waals surface area (Å²) in [4.78, 5) is 4.17. The molecule has 2 N–H and O–H groups in total. The standard InChI is InChI=1S/C14H20F3N3/c1-13(2)6-4-5-10(13)19-12-8-9(14(15,16)17)7-11(18-3)20-12/h7-8,10H,4-6H2,1-3H3,(H2,18,19,20). The van der Waals surface area contributed by atoms with Crippen molar-refractivity contribution in [2.75, 3.05) is 17.7 Å². The maximum absolute atomic E-state index is 12.9. The Balaban J connectivity index is 2.27. The Hall–Kier alpha value is -1.46. The maximum Gasteiger partial charge on any atom is 0.416 e. The highest BCUT2D eigenvalue weighted by Crippen LogP contribution is 2.39. The van der Waals surface area contributed by atoms with E-state index < -0.39 is 11.7 Å². The summed E-state index contributed by atoms with van der Waals surface area (Å²) >= 11 is 0.